The van der Waals surface area contributed by atoms with Gasteiger partial charge in [-0.05, 0) is 72.5 Å². The summed E-state index contributed by atoms with van der Waals surface area (Å²) >= 11 is 5.48. The first kappa shape index (κ1) is 15.5. The number of rotatable bonds is 6. The molecule has 0 saturated heterocycles. The molecule has 2 rings (SSSR count). The molecule has 3 atom stereocenters. The summed E-state index contributed by atoms with van der Waals surface area (Å²) in [5.41, 5.74) is 0. The van der Waals surface area contributed by atoms with Crippen LogP contribution in [-0.2, 0) is 6.42 Å². The molecule has 0 bridgehead atoms. The normalized spacial score (nSPS) is 27.6. The van der Waals surface area contributed by atoms with Gasteiger partial charge in [-0.1, -0.05) is 20.3 Å². The molecule has 19 heavy (non-hydrogen) atoms. The van der Waals surface area contributed by atoms with Gasteiger partial charge in [0, 0.05) is 20.8 Å². The van der Waals surface area contributed by atoms with Crippen molar-refractivity contribution in [3.8, 4) is 0 Å². The van der Waals surface area contributed by atoms with E-state index in [-0.39, 0.29) is 0 Å². The van der Waals surface area contributed by atoms with Gasteiger partial charge < -0.3 is 5.32 Å². The summed E-state index contributed by atoms with van der Waals surface area (Å²) in [5, 5.41) is 6.00. The number of hydrogen-bond acceptors (Lipinski definition) is 2. The molecule has 0 aliphatic heterocycles. The highest BCUT2D eigenvalue weighted by Crippen LogP contribution is 2.35. The zero-order valence-electron chi connectivity index (χ0n) is 12.1. The Morgan fingerprint density at radius 1 is 1.37 bits per heavy atom. The summed E-state index contributed by atoms with van der Waals surface area (Å²) in [6.45, 7) is 5.78. The summed E-state index contributed by atoms with van der Waals surface area (Å²) in [5.74, 6) is 1.78. The lowest BCUT2D eigenvalue weighted by molar-refractivity contribution is 0.199. The maximum atomic E-state index is 3.79. The van der Waals surface area contributed by atoms with E-state index in [1.807, 2.05) is 11.3 Å². The van der Waals surface area contributed by atoms with E-state index in [0.29, 0.717) is 0 Å². The smallest absolute Gasteiger partial charge is 0.0285 e. The van der Waals surface area contributed by atoms with Gasteiger partial charge in [0.2, 0.25) is 0 Å². The minimum absolute atomic E-state index is 0.739. The molecular weight excluding hydrogens is 318 g/mol. The van der Waals surface area contributed by atoms with Crippen LogP contribution >= 0.6 is 27.3 Å². The summed E-state index contributed by atoms with van der Waals surface area (Å²) in [6.07, 6.45) is 8.05. The fourth-order valence-corrected chi connectivity index (χ4v) is 4.82. The predicted octanol–water partition coefficient (Wildman–Crippen LogP) is 5.25. The molecule has 1 aromatic rings. The van der Waals surface area contributed by atoms with Gasteiger partial charge in [-0.3, -0.25) is 0 Å². The van der Waals surface area contributed by atoms with Crippen molar-refractivity contribution in [3.05, 3.63) is 20.8 Å². The van der Waals surface area contributed by atoms with Crippen LogP contribution in [0.3, 0.4) is 0 Å². The lowest BCUT2D eigenvalue weighted by atomic mass is 9.75. The van der Waals surface area contributed by atoms with Crippen molar-refractivity contribution in [1.29, 1.82) is 0 Å². The van der Waals surface area contributed by atoms with Crippen molar-refractivity contribution < 1.29 is 0 Å². The SMILES string of the molecule is CCCNC1CCC(CC)CC1Cc1cc(Br)cs1. The number of nitrogens with one attached hydrogen (secondary N) is 1. The first-order chi connectivity index (χ1) is 9.22. The maximum Gasteiger partial charge on any atom is 0.0285 e. The van der Waals surface area contributed by atoms with Crippen molar-refractivity contribution in [2.24, 2.45) is 11.8 Å². The fourth-order valence-electron chi connectivity index (χ4n) is 3.28. The topological polar surface area (TPSA) is 12.0 Å². The highest BCUT2D eigenvalue weighted by Gasteiger charge is 2.29. The second-order valence-electron chi connectivity index (χ2n) is 5.84. The molecule has 1 aliphatic rings. The standard InChI is InChI=1S/C16H26BrNS/c1-3-7-18-16-6-5-12(4-2)8-13(16)9-15-10-14(17)11-19-15/h10-13,16,18H,3-9H2,1-2H3. The third kappa shape index (κ3) is 4.57. The first-order valence-electron chi connectivity index (χ1n) is 7.69. The Kier molecular flexibility index (Phi) is 6.37. The minimum atomic E-state index is 0.739. The molecule has 1 fully saturated rings. The van der Waals surface area contributed by atoms with Crippen LogP contribution in [0.25, 0.3) is 0 Å². The molecule has 0 spiro atoms. The zero-order chi connectivity index (χ0) is 13.7. The molecule has 1 aromatic heterocycles. The third-order valence-corrected chi connectivity index (χ3v) is 6.13. The van der Waals surface area contributed by atoms with Crippen molar-refractivity contribution in [2.75, 3.05) is 6.54 Å². The van der Waals surface area contributed by atoms with Crippen molar-refractivity contribution >= 4 is 27.3 Å². The van der Waals surface area contributed by atoms with E-state index in [1.54, 1.807) is 0 Å². The monoisotopic (exact) mass is 343 g/mol. The van der Waals surface area contributed by atoms with Crippen LogP contribution in [0.1, 0.15) is 50.8 Å². The molecule has 0 radical (unpaired) electrons. The van der Waals surface area contributed by atoms with Gasteiger partial charge in [0.1, 0.15) is 0 Å². The Morgan fingerprint density at radius 3 is 2.84 bits per heavy atom. The summed E-state index contributed by atoms with van der Waals surface area (Å²) in [4.78, 5) is 1.54. The Labute approximate surface area is 130 Å². The van der Waals surface area contributed by atoms with E-state index in [9.17, 15) is 0 Å². The van der Waals surface area contributed by atoms with E-state index in [4.69, 9.17) is 0 Å². The summed E-state index contributed by atoms with van der Waals surface area (Å²) < 4.78 is 1.24. The number of thiophene rings is 1. The molecule has 1 saturated carbocycles. The summed E-state index contributed by atoms with van der Waals surface area (Å²) in [6, 6.07) is 3.04. The van der Waals surface area contributed by atoms with E-state index in [1.165, 1.54) is 54.4 Å². The van der Waals surface area contributed by atoms with Crippen LogP contribution in [0.5, 0.6) is 0 Å². The van der Waals surface area contributed by atoms with Crippen LogP contribution in [0.2, 0.25) is 0 Å². The van der Waals surface area contributed by atoms with E-state index >= 15 is 0 Å². The van der Waals surface area contributed by atoms with E-state index < -0.39 is 0 Å². The number of hydrogen-bond donors (Lipinski definition) is 1. The van der Waals surface area contributed by atoms with Crippen LogP contribution < -0.4 is 5.32 Å². The lowest BCUT2D eigenvalue weighted by Crippen LogP contribution is -2.41. The van der Waals surface area contributed by atoms with Crippen LogP contribution in [0, 0.1) is 11.8 Å². The quantitative estimate of drug-likeness (QED) is 0.743. The van der Waals surface area contributed by atoms with Gasteiger partial charge >= 0.3 is 0 Å². The Hall–Kier alpha value is 0.140. The second-order valence-corrected chi connectivity index (χ2v) is 7.75. The molecule has 0 aromatic carbocycles. The molecule has 3 heteroatoms. The Balaban J connectivity index is 1.97. The molecule has 1 aliphatic carbocycles. The molecule has 3 unspecified atom stereocenters. The molecule has 1 N–H and O–H groups in total. The highest BCUT2D eigenvalue weighted by molar-refractivity contribution is 9.10. The average Bonchev–Trinajstić information content (AvgIpc) is 2.82. The van der Waals surface area contributed by atoms with Gasteiger partial charge in [-0.25, -0.2) is 0 Å². The second kappa shape index (κ2) is 7.80. The van der Waals surface area contributed by atoms with E-state index in [2.05, 4.69) is 46.5 Å². The van der Waals surface area contributed by atoms with Crippen LogP contribution in [0.4, 0.5) is 0 Å². The van der Waals surface area contributed by atoms with Gasteiger partial charge in [0.15, 0.2) is 0 Å². The summed E-state index contributed by atoms with van der Waals surface area (Å²) in [7, 11) is 0. The van der Waals surface area contributed by atoms with Crippen LogP contribution in [-0.4, -0.2) is 12.6 Å². The highest BCUT2D eigenvalue weighted by atomic mass is 79.9. The lowest BCUT2D eigenvalue weighted by Gasteiger charge is -2.36. The largest absolute Gasteiger partial charge is 0.314 e. The van der Waals surface area contributed by atoms with Crippen molar-refractivity contribution in [3.63, 3.8) is 0 Å². The molecular formula is C16H26BrNS. The minimum Gasteiger partial charge on any atom is -0.314 e. The molecule has 108 valence electrons. The van der Waals surface area contributed by atoms with Gasteiger partial charge in [-0.15, -0.1) is 11.3 Å². The molecule has 1 heterocycles. The Morgan fingerprint density at radius 2 is 2.21 bits per heavy atom. The first-order valence-corrected chi connectivity index (χ1v) is 9.36. The van der Waals surface area contributed by atoms with Gasteiger partial charge in [-0.2, -0.15) is 0 Å². The van der Waals surface area contributed by atoms with Crippen molar-refractivity contribution in [2.45, 2.75) is 58.4 Å². The van der Waals surface area contributed by atoms with E-state index in [0.717, 1.165) is 17.9 Å². The fraction of sp³-hybridized carbons (Fsp3) is 0.750. The van der Waals surface area contributed by atoms with Gasteiger partial charge in [0.05, 0.1) is 0 Å². The number of halogens is 1. The van der Waals surface area contributed by atoms with Crippen molar-refractivity contribution in [1.82, 2.24) is 5.32 Å². The third-order valence-electron chi connectivity index (χ3n) is 4.41. The average molecular weight is 344 g/mol. The maximum absolute atomic E-state index is 3.79. The molecule has 0 amide bonds. The van der Waals surface area contributed by atoms with Crippen LogP contribution in [0.15, 0.2) is 15.9 Å². The Bertz CT molecular complexity index is 377. The zero-order valence-corrected chi connectivity index (χ0v) is 14.5. The molecule has 1 nitrogen and oxygen atoms in total. The van der Waals surface area contributed by atoms with Gasteiger partial charge in [0.25, 0.3) is 0 Å². The predicted molar refractivity (Wildman–Crippen MR) is 88.9 cm³/mol.